The Morgan fingerprint density at radius 1 is 1.25 bits per heavy atom. The first-order valence-electron chi connectivity index (χ1n) is 9.31. The topological polar surface area (TPSA) is 63.1 Å². The number of nitrogens with zero attached hydrogens (tertiary/aromatic N) is 4. The van der Waals surface area contributed by atoms with Crippen LogP contribution in [0.4, 0.5) is 5.69 Å². The van der Waals surface area contributed by atoms with E-state index in [-0.39, 0.29) is 5.91 Å². The van der Waals surface area contributed by atoms with Gasteiger partial charge in [-0.25, -0.2) is 4.98 Å². The number of hydrogen-bond acceptors (Lipinski definition) is 5. The molecule has 0 saturated heterocycles. The fourth-order valence-corrected chi connectivity index (χ4v) is 4.19. The fourth-order valence-electron chi connectivity index (χ4n) is 3.09. The molecule has 0 aliphatic carbocycles. The lowest BCUT2D eigenvalue weighted by atomic mass is 10.1. The zero-order valence-electron chi connectivity index (χ0n) is 17.3. The van der Waals surface area contributed by atoms with Crippen molar-refractivity contribution in [2.75, 3.05) is 19.0 Å². The molecule has 2 heterocycles. The minimum atomic E-state index is -0.113. The van der Waals surface area contributed by atoms with Crippen molar-refractivity contribution in [3.05, 3.63) is 47.3 Å². The van der Waals surface area contributed by atoms with Crippen LogP contribution in [-0.4, -0.2) is 40.0 Å². The summed E-state index contributed by atoms with van der Waals surface area (Å²) in [7, 11) is 5.89. The Hall–Kier alpha value is -2.54. The van der Waals surface area contributed by atoms with Crippen LogP contribution in [0.3, 0.4) is 0 Å². The number of rotatable bonds is 6. The first kappa shape index (κ1) is 20.2. The average molecular weight is 398 g/mol. The molecule has 0 fully saturated rings. The average Bonchev–Trinajstić information content (AvgIpc) is 2.94. The van der Waals surface area contributed by atoms with Gasteiger partial charge in [-0.2, -0.15) is 5.10 Å². The summed E-state index contributed by atoms with van der Waals surface area (Å²) in [5, 5.41) is 8.82. The second kappa shape index (κ2) is 8.22. The van der Waals surface area contributed by atoms with Gasteiger partial charge in [0.05, 0.1) is 16.6 Å². The predicted molar refractivity (Wildman–Crippen MR) is 116 cm³/mol. The van der Waals surface area contributed by atoms with Gasteiger partial charge in [-0.05, 0) is 24.6 Å². The summed E-state index contributed by atoms with van der Waals surface area (Å²) in [6, 6.07) is 8.17. The van der Waals surface area contributed by atoms with E-state index in [9.17, 15) is 4.79 Å². The number of aromatic nitrogens is 3. The fraction of sp³-hybridized carbons (Fsp3) is 0.381. The minimum Gasteiger partial charge on any atom is -0.378 e. The highest BCUT2D eigenvalue weighted by Crippen LogP contribution is 2.34. The van der Waals surface area contributed by atoms with Crippen LogP contribution < -0.4 is 10.2 Å². The number of hydrogen-bond donors (Lipinski definition) is 1. The zero-order valence-corrected chi connectivity index (χ0v) is 18.1. The Labute approximate surface area is 170 Å². The molecule has 1 amide bonds. The third-order valence-corrected chi connectivity index (χ3v) is 5.61. The second-order valence-corrected chi connectivity index (χ2v) is 8.91. The molecule has 2 aromatic heterocycles. The SMILES string of the molecule is Cc1nn(C)c2ncc(C(=O)NCc3ccc(N(C)C)cc3)c(SC(C)C)c12. The van der Waals surface area contributed by atoms with E-state index >= 15 is 0 Å². The molecule has 3 aromatic rings. The van der Waals surface area contributed by atoms with E-state index in [4.69, 9.17) is 0 Å². The lowest BCUT2D eigenvalue weighted by molar-refractivity contribution is 0.0948. The number of carbonyl (C=O) groups excluding carboxylic acids is 1. The van der Waals surface area contributed by atoms with Crippen LogP contribution >= 0.6 is 11.8 Å². The van der Waals surface area contributed by atoms with Crippen LogP contribution in [-0.2, 0) is 13.6 Å². The van der Waals surface area contributed by atoms with E-state index in [2.05, 4.69) is 34.1 Å². The number of fused-ring (bicyclic) bond motifs is 1. The van der Waals surface area contributed by atoms with Crippen molar-refractivity contribution < 1.29 is 4.79 Å². The molecule has 1 N–H and O–H groups in total. The summed E-state index contributed by atoms with van der Waals surface area (Å²) in [4.78, 5) is 20.5. The van der Waals surface area contributed by atoms with Gasteiger partial charge in [0.25, 0.3) is 5.91 Å². The summed E-state index contributed by atoms with van der Waals surface area (Å²) < 4.78 is 1.77. The smallest absolute Gasteiger partial charge is 0.254 e. The maximum Gasteiger partial charge on any atom is 0.254 e. The molecule has 0 saturated carbocycles. The number of amides is 1. The van der Waals surface area contributed by atoms with Crippen LogP contribution in [0.15, 0.2) is 35.4 Å². The molecule has 0 unspecified atom stereocenters. The normalized spacial score (nSPS) is 11.2. The summed E-state index contributed by atoms with van der Waals surface area (Å²) in [5.74, 6) is -0.113. The van der Waals surface area contributed by atoms with Gasteiger partial charge in [-0.3, -0.25) is 9.48 Å². The van der Waals surface area contributed by atoms with Gasteiger partial charge in [0.15, 0.2) is 5.65 Å². The van der Waals surface area contributed by atoms with E-state index in [1.54, 1.807) is 22.6 Å². The minimum absolute atomic E-state index is 0.113. The van der Waals surface area contributed by atoms with Gasteiger partial charge in [0, 0.05) is 49.7 Å². The van der Waals surface area contributed by atoms with E-state index in [0.717, 1.165) is 32.9 Å². The lowest BCUT2D eigenvalue weighted by Gasteiger charge is -2.14. The third-order valence-electron chi connectivity index (χ3n) is 4.48. The highest BCUT2D eigenvalue weighted by Gasteiger charge is 2.21. The van der Waals surface area contributed by atoms with Crippen molar-refractivity contribution in [2.24, 2.45) is 7.05 Å². The van der Waals surface area contributed by atoms with Crippen LogP contribution in [0.1, 0.15) is 35.5 Å². The molecule has 0 aliphatic rings. The van der Waals surface area contributed by atoms with Crippen molar-refractivity contribution in [3.63, 3.8) is 0 Å². The molecule has 3 rings (SSSR count). The standard InChI is InChI=1S/C21H27N5OS/c1-13(2)28-19-17(12-22-20-18(19)14(3)24-26(20)6)21(27)23-11-15-7-9-16(10-8-15)25(4)5/h7-10,12-13H,11H2,1-6H3,(H,23,27). The third kappa shape index (κ3) is 4.14. The number of pyridine rings is 1. The maximum atomic E-state index is 13.0. The number of aryl methyl sites for hydroxylation is 2. The summed E-state index contributed by atoms with van der Waals surface area (Å²) in [6.45, 7) is 6.68. The highest BCUT2D eigenvalue weighted by molar-refractivity contribution is 8.00. The number of nitrogens with one attached hydrogen (secondary N) is 1. The van der Waals surface area contributed by atoms with Crippen molar-refractivity contribution in [1.29, 1.82) is 0 Å². The van der Waals surface area contributed by atoms with Crippen LogP contribution in [0.2, 0.25) is 0 Å². The summed E-state index contributed by atoms with van der Waals surface area (Å²) in [5.41, 5.74) is 4.49. The Kier molecular flexibility index (Phi) is 5.93. The van der Waals surface area contributed by atoms with Gasteiger partial charge in [-0.1, -0.05) is 26.0 Å². The highest BCUT2D eigenvalue weighted by atomic mass is 32.2. The lowest BCUT2D eigenvalue weighted by Crippen LogP contribution is -2.24. The maximum absolute atomic E-state index is 13.0. The molecule has 0 bridgehead atoms. The van der Waals surface area contributed by atoms with Crippen molar-refractivity contribution in [3.8, 4) is 0 Å². The predicted octanol–water partition coefficient (Wildman–Crippen LogP) is 3.77. The van der Waals surface area contributed by atoms with Crippen LogP contribution in [0, 0.1) is 6.92 Å². The van der Waals surface area contributed by atoms with E-state index in [1.807, 2.05) is 52.3 Å². The molecule has 28 heavy (non-hydrogen) atoms. The number of benzene rings is 1. The molecule has 0 spiro atoms. The van der Waals surface area contributed by atoms with Crippen molar-refractivity contribution >= 4 is 34.4 Å². The largest absolute Gasteiger partial charge is 0.378 e. The van der Waals surface area contributed by atoms with Crippen molar-refractivity contribution in [2.45, 2.75) is 37.5 Å². The van der Waals surface area contributed by atoms with Gasteiger partial charge >= 0.3 is 0 Å². The Morgan fingerprint density at radius 3 is 2.54 bits per heavy atom. The molecule has 0 aliphatic heterocycles. The van der Waals surface area contributed by atoms with Crippen LogP contribution in [0.25, 0.3) is 11.0 Å². The first-order valence-corrected chi connectivity index (χ1v) is 10.2. The van der Waals surface area contributed by atoms with E-state index in [0.29, 0.717) is 17.4 Å². The molecular formula is C21H27N5OS. The molecule has 6 nitrogen and oxygen atoms in total. The zero-order chi connectivity index (χ0) is 20.4. The first-order chi connectivity index (χ1) is 13.3. The van der Waals surface area contributed by atoms with E-state index in [1.165, 1.54) is 0 Å². The Balaban J connectivity index is 1.87. The Bertz CT molecular complexity index is 992. The van der Waals surface area contributed by atoms with Crippen molar-refractivity contribution in [1.82, 2.24) is 20.1 Å². The molecule has 148 valence electrons. The van der Waals surface area contributed by atoms with Gasteiger partial charge in [-0.15, -0.1) is 11.8 Å². The van der Waals surface area contributed by atoms with E-state index < -0.39 is 0 Å². The summed E-state index contributed by atoms with van der Waals surface area (Å²) in [6.07, 6.45) is 1.67. The number of carbonyl (C=O) groups is 1. The van der Waals surface area contributed by atoms with Gasteiger partial charge in [0.1, 0.15) is 0 Å². The number of thioether (sulfide) groups is 1. The molecule has 7 heteroatoms. The monoisotopic (exact) mass is 397 g/mol. The Morgan fingerprint density at radius 2 is 1.93 bits per heavy atom. The molecule has 1 aromatic carbocycles. The number of anilines is 1. The van der Waals surface area contributed by atoms with Crippen LogP contribution in [0.5, 0.6) is 0 Å². The van der Waals surface area contributed by atoms with Gasteiger partial charge in [0.2, 0.25) is 0 Å². The summed E-state index contributed by atoms with van der Waals surface area (Å²) >= 11 is 1.68. The quantitative estimate of drug-likeness (QED) is 0.642. The second-order valence-electron chi connectivity index (χ2n) is 7.32. The van der Waals surface area contributed by atoms with Gasteiger partial charge < -0.3 is 10.2 Å². The molecule has 0 atom stereocenters. The molecular weight excluding hydrogens is 370 g/mol. The molecule has 0 radical (unpaired) electrons.